The molecule has 0 spiro atoms. The molecule has 2 aliphatic rings. The SMILES string of the molecule is CCCOc1ccc(Cl)cc1NC1CC2CCC(C1)N2C. The van der Waals surface area contributed by atoms with E-state index >= 15 is 0 Å². The number of halogens is 1. The normalized spacial score (nSPS) is 28.6. The summed E-state index contributed by atoms with van der Waals surface area (Å²) in [5.74, 6) is 0.924. The van der Waals surface area contributed by atoms with Crippen LogP contribution in [0.3, 0.4) is 0 Å². The number of piperidine rings is 1. The molecule has 2 fully saturated rings. The topological polar surface area (TPSA) is 24.5 Å². The highest BCUT2D eigenvalue weighted by atomic mass is 35.5. The van der Waals surface area contributed by atoms with Crippen LogP contribution in [-0.4, -0.2) is 36.7 Å². The lowest BCUT2D eigenvalue weighted by atomic mass is 9.97. The summed E-state index contributed by atoms with van der Waals surface area (Å²) < 4.78 is 5.84. The fraction of sp³-hybridized carbons (Fsp3) is 0.647. The molecule has 1 aromatic carbocycles. The van der Waals surface area contributed by atoms with E-state index in [1.165, 1.54) is 25.7 Å². The molecule has 3 rings (SSSR count). The molecule has 1 N–H and O–H groups in total. The molecule has 2 atom stereocenters. The Labute approximate surface area is 132 Å². The summed E-state index contributed by atoms with van der Waals surface area (Å²) in [6.07, 6.45) is 6.13. The molecule has 21 heavy (non-hydrogen) atoms. The summed E-state index contributed by atoms with van der Waals surface area (Å²) in [6, 6.07) is 7.87. The van der Waals surface area contributed by atoms with E-state index in [0.29, 0.717) is 6.04 Å². The molecule has 2 heterocycles. The van der Waals surface area contributed by atoms with Crippen LogP contribution in [0.4, 0.5) is 5.69 Å². The van der Waals surface area contributed by atoms with Crippen LogP contribution in [0.1, 0.15) is 39.0 Å². The number of rotatable bonds is 5. The Morgan fingerprint density at radius 1 is 1.29 bits per heavy atom. The monoisotopic (exact) mass is 308 g/mol. The van der Waals surface area contributed by atoms with E-state index in [4.69, 9.17) is 16.3 Å². The molecule has 2 saturated heterocycles. The van der Waals surface area contributed by atoms with Crippen LogP contribution in [0.25, 0.3) is 0 Å². The molecule has 2 unspecified atom stereocenters. The maximum atomic E-state index is 6.16. The van der Waals surface area contributed by atoms with Crippen LogP contribution < -0.4 is 10.1 Å². The van der Waals surface area contributed by atoms with Gasteiger partial charge in [0.1, 0.15) is 5.75 Å². The van der Waals surface area contributed by atoms with E-state index < -0.39 is 0 Å². The molecule has 2 aliphatic heterocycles. The van der Waals surface area contributed by atoms with Crippen molar-refractivity contribution in [3.63, 3.8) is 0 Å². The molecule has 116 valence electrons. The standard InChI is InChI=1S/C17H25ClN2O/c1-3-8-21-17-7-4-12(18)9-16(17)19-13-10-14-5-6-15(11-13)20(14)2/h4,7,9,13-15,19H,3,5-6,8,10-11H2,1-2H3. The maximum absolute atomic E-state index is 6.16. The van der Waals surface area contributed by atoms with Crippen LogP contribution in [0.2, 0.25) is 5.02 Å². The summed E-state index contributed by atoms with van der Waals surface area (Å²) in [5.41, 5.74) is 1.05. The Bertz CT molecular complexity index is 480. The second kappa shape index (κ2) is 6.45. The van der Waals surface area contributed by atoms with Crippen LogP contribution >= 0.6 is 11.6 Å². The molecule has 0 saturated carbocycles. The number of nitrogens with zero attached hydrogens (tertiary/aromatic N) is 1. The van der Waals surface area contributed by atoms with Crippen molar-refractivity contribution in [2.75, 3.05) is 19.0 Å². The van der Waals surface area contributed by atoms with Crippen LogP contribution in [0.5, 0.6) is 5.75 Å². The van der Waals surface area contributed by atoms with Gasteiger partial charge in [-0.25, -0.2) is 0 Å². The van der Waals surface area contributed by atoms with Crippen molar-refractivity contribution in [3.05, 3.63) is 23.2 Å². The van der Waals surface area contributed by atoms with Gasteiger partial charge in [-0.1, -0.05) is 18.5 Å². The lowest BCUT2D eigenvalue weighted by Crippen LogP contribution is -2.44. The van der Waals surface area contributed by atoms with Crippen molar-refractivity contribution in [3.8, 4) is 5.75 Å². The predicted octanol–water partition coefficient (Wildman–Crippen LogP) is 4.17. The quantitative estimate of drug-likeness (QED) is 0.883. The first-order chi connectivity index (χ1) is 10.2. The van der Waals surface area contributed by atoms with Crippen molar-refractivity contribution < 1.29 is 4.74 Å². The highest BCUT2D eigenvalue weighted by molar-refractivity contribution is 6.30. The van der Waals surface area contributed by atoms with Gasteiger partial charge in [0.2, 0.25) is 0 Å². The number of fused-ring (bicyclic) bond motifs is 2. The van der Waals surface area contributed by atoms with Gasteiger partial charge in [0.25, 0.3) is 0 Å². The van der Waals surface area contributed by atoms with Crippen molar-refractivity contribution in [2.45, 2.75) is 57.2 Å². The number of hydrogen-bond acceptors (Lipinski definition) is 3. The molecule has 1 aromatic rings. The molecule has 0 aliphatic carbocycles. The van der Waals surface area contributed by atoms with Gasteiger partial charge in [-0.05, 0) is 57.4 Å². The third-order valence-corrected chi connectivity index (χ3v) is 5.10. The highest BCUT2D eigenvalue weighted by Gasteiger charge is 2.38. The van der Waals surface area contributed by atoms with Crippen molar-refractivity contribution in [2.24, 2.45) is 0 Å². The van der Waals surface area contributed by atoms with Crippen LogP contribution in [-0.2, 0) is 0 Å². The van der Waals surface area contributed by atoms with Gasteiger partial charge in [-0.3, -0.25) is 0 Å². The maximum Gasteiger partial charge on any atom is 0.142 e. The summed E-state index contributed by atoms with van der Waals surface area (Å²) in [5, 5.41) is 4.45. The zero-order valence-corrected chi connectivity index (χ0v) is 13.7. The number of hydrogen-bond donors (Lipinski definition) is 1. The van der Waals surface area contributed by atoms with E-state index in [1.54, 1.807) is 0 Å². The van der Waals surface area contributed by atoms with E-state index in [1.807, 2.05) is 18.2 Å². The van der Waals surface area contributed by atoms with Crippen molar-refractivity contribution in [1.82, 2.24) is 4.90 Å². The van der Waals surface area contributed by atoms with Gasteiger partial charge in [0, 0.05) is 23.1 Å². The fourth-order valence-electron chi connectivity index (χ4n) is 3.70. The minimum atomic E-state index is 0.529. The molecule has 0 radical (unpaired) electrons. The molecule has 3 nitrogen and oxygen atoms in total. The minimum Gasteiger partial charge on any atom is -0.491 e. The zero-order valence-electron chi connectivity index (χ0n) is 12.9. The fourth-order valence-corrected chi connectivity index (χ4v) is 3.87. The van der Waals surface area contributed by atoms with Crippen molar-refractivity contribution >= 4 is 17.3 Å². The van der Waals surface area contributed by atoms with Gasteiger partial charge >= 0.3 is 0 Å². The third-order valence-electron chi connectivity index (χ3n) is 4.86. The zero-order chi connectivity index (χ0) is 14.8. The highest BCUT2D eigenvalue weighted by Crippen LogP contribution is 2.37. The van der Waals surface area contributed by atoms with Gasteiger partial charge in [0.15, 0.2) is 0 Å². The van der Waals surface area contributed by atoms with Gasteiger partial charge in [-0.2, -0.15) is 0 Å². The summed E-state index contributed by atoms with van der Waals surface area (Å²) >= 11 is 6.16. The first kappa shape index (κ1) is 15.0. The Hall–Kier alpha value is -0.930. The van der Waals surface area contributed by atoms with E-state index in [0.717, 1.165) is 41.6 Å². The Balaban J connectivity index is 1.71. The average Bonchev–Trinajstić information content (AvgIpc) is 2.69. The Morgan fingerprint density at radius 2 is 2.00 bits per heavy atom. The second-order valence-corrected chi connectivity index (χ2v) is 6.79. The molecular formula is C17H25ClN2O. The average molecular weight is 309 g/mol. The largest absolute Gasteiger partial charge is 0.491 e. The Kier molecular flexibility index (Phi) is 4.60. The summed E-state index contributed by atoms with van der Waals surface area (Å²) in [6.45, 7) is 2.87. The Morgan fingerprint density at radius 3 is 2.67 bits per heavy atom. The number of ether oxygens (including phenoxy) is 1. The molecule has 0 aromatic heterocycles. The first-order valence-electron chi connectivity index (χ1n) is 8.08. The van der Waals surface area contributed by atoms with Crippen LogP contribution in [0.15, 0.2) is 18.2 Å². The van der Waals surface area contributed by atoms with Crippen LogP contribution in [0, 0.1) is 0 Å². The summed E-state index contributed by atoms with van der Waals surface area (Å²) in [7, 11) is 2.27. The lowest BCUT2D eigenvalue weighted by molar-refractivity contribution is 0.168. The number of benzene rings is 1. The summed E-state index contributed by atoms with van der Waals surface area (Å²) in [4.78, 5) is 2.56. The van der Waals surface area contributed by atoms with E-state index in [9.17, 15) is 0 Å². The van der Waals surface area contributed by atoms with Gasteiger partial charge < -0.3 is 15.0 Å². The second-order valence-electron chi connectivity index (χ2n) is 6.35. The minimum absolute atomic E-state index is 0.529. The smallest absolute Gasteiger partial charge is 0.142 e. The molecule has 0 amide bonds. The number of nitrogens with one attached hydrogen (secondary N) is 1. The molecule has 4 heteroatoms. The van der Waals surface area contributed by atoms with E-state index in [2.05, 4.69) is 24.2 Å². The van der Waals surface area contributed by atoms with Gasteiger partial charge in [-0.15, -0.1) is 0 Å². The van der Waals surface area contributed by atoms with Crippen molar-refractivity contribution in [1.29, 1.82) is 0 Å². The predicted molar refractivity (Wildman–Crippen MR) is 88.5 cm³/mol. The van der Waals surface area contributed by atoms with Gasteiger partial charge in [0.05, 0.1) is 12.3 Å². The first-order valence-corrected chi connectivity index (χ1v) is 8.46. The third kappa shape index (κ3) is 3.29. The lowest BCUT2D eigenvalue weighted by Gasteiger charge is -2.37. The van der Waals surface area contributed by atoms with E-state index in [-0.39, 0.29) is 0 Å². The molecular weight excluding hydrogens is 284 g/mol. The number of anilines is 1. The molecule has 2 bridgehead atoms.